The molecule has 1 aliphatic carbocycles. The second kappa shape index (κ2) is 13.7. The summed E-state index contributed by atoms with van der Waals surface area (Å²) < 4.78 is 21.1. The number of fused-ring (bicyclic) bond motifs is 2. The zero-order valence-electron chi connectivity index (χ0n) is 29.3. The van der Waals surface area contributed by atoms with Crippen molar-refractivity contribution in [3.8, 4) is 0 Å². The van der Waals surface area contributed by atoms with Crippen LogP contribution >= 0.6 is 0 Å². The summed E-state index contributed by atoms with van der Waals surface area (Å²) in [5, 5.41) is 10.9. The second-order valence-electron chi connectivity index (χ2n) is 14.6. The highest BCUT2D eigenvalue weighted by Gasteiger charge is 2.36. The summed E-state index contributed by atoms with van der Waals surface area (Å²) in [5.74, 6) is -0.576. The monoisotopic (exact) mass is 707 g/mol. The van der Waals surface area contributed by atoms with Gasteiger partial charge < -0.3 is 10.2 Å². The van der Waals surface area contributed by atoms with Crippen molar-refractivity contribution in [2.75, 3.05) is 25.0 Å². The highest BCUT2D eigenvalue weighted by molar-refractivity contribution is 6.03. The van der Waals surface area contributed by atoms with Gasteiger partial charge >= 0.3 is 5.69 Å². The molecular weight excluding hydrogens is 665 g/mol. The van der Waals surface area contributed by atoms with E-state index in [-0.39, 0.29) is 42.3 Å². The van der Waals surface area contributed by atoms with Crippen LogP contribution in [0.4, 0.5) is 10.2 Å². The van der Waals surface area contributed by atoms with Gasteiger partial charge in [0.2, 0.25) is 11.8 Å². The van der Waals surface area contributed by atoms with Gasteiger partial charge in [-0.3, -0.25) is 33.5 Å². The number of rotatable bonds is 7. The summed E-state index contributed by atoms with van der Waals surface area (Å²) in [5.41, 5.74) is 3.57. The largest absolute Gasteiger partial charge is 0.329 e. The van der Waals surface area contributed by atoms with Crippen LogP contribution in [0.2, 0.25) is 0 Å². The van der Waals surface area contributed by atoms with Crippen molar-refractivity contribution in [3.05, 3.63) is 82.3 Å². The van der Waals surface area contributed by atoms with Crippen LogP contribution in [0.1, 0.15) is 84.7 Å². The molecule has 8 rings (SSSR count). The lowest BCUT2D eigenvalue weighted by Gasteiger charge is -2.38. The fourth-order valence-electron chi connectivity index (χ4n) is 8.49. The number of pyridine rings is 2. The third-order valence-corrected chi connectivity index (χ3v) is 11.2. The lowest BCUT2D eigenvalue weighted by atomic mass is 9.83. The molecule has 3 fully saturated rings. The molecule has 2 aliphatic heterocycles. The highest BCUT2D eigenvalue weighted by Crippen LogP contribution is 2.38. The number of halogens is 1. The van der Waals surface area contributed by atoms with E-state index >= 15 is 4.39 Å². The Kier molecular flexibility index (Phi) is 8.94. The van der Waals surface area contributed by atoms with E-state index in [4.69, 9.17) is 5.10 Å². The lowest BCUT2D eigenvalue weighted by Crippen LogP contribution is -2.44. The molecule has 3 amide bonds. The first-order chi connectivity index (χ1) is 25.1. The molecule has 2 N–H and O–H groups in total. The van der Waals surface area contributed by atoms with Crippen LogP contribution in [0.25, 0.3) is 21.9 Å². The molecule has 0 spiro atoms. The summed E-state index contributed by atoms with van der Waals surface area (Å²) in [4.78, 5) is 61.4. The normalized spacial score (nSPS) is 24.3. The minimum Gasteiger partial charge on any atom is -0.305 e. The van der Waals surface area contributed by atoms with Crippen molar-refractivity contribution in [2.45, 2.75) is 76.0 Å². The van der Waals surface area contributed by atoms with Crippen LogP contribution in [0, 0.1) is 12.8 Å². The highest BCUT2D eigenvalue weighted by atomic mass is 19.1. The van der Waals surface area contributed by atoms with Gasteiger partial charge in [-0.15, -0.1) is 0 Å². The molecule has 5 aromatic rings. The Morgan fingerprint density at radius 2 is 1.85 bits per heavy atom. The third kappa shape index (κ3) is 6.40. The number of aryl methyl sites for hydroxylation is 2. The molecule has 2 saturated heterocycles. The zero-order valence-corrected chi connectivity index (χ0v) is 29.3. The number of hydrogen-bond donors (Lipinski definition) is 2. The maximum absolute atomic E-state index is 16.1. The molecule has 13 nitrogen and oxygen atoms in total. The molecular formula is C38H42FN9O4. The summed E-state index contributed by atoms with van der Waals surface area (Å²) in [6, 6.07) is 12.2. The third-order valence-electron chi connectivity index (χ3n) is 11.2. The first kappa shape index (κ1) is 33.9. The fourth-order valence-corrected chi connectivity index (χ4v) is 8.49. The fraction of sp³-hybridized carbons (Fsp3) is 0.447. The van der Waals surface area contributed by atoms with Gasteiger partial charge in [-0.05, 0) is 87.7 Å². The molecule has 270 valence electrons. The smallest absolute Gasteiger partial charge is 0.305 e. The van der Waals surface area contributed by atoms with Crippen LogP contribution in [0.5, 0.6) is 0 Å². The van der Waals surface area contributed by atoms with Crippen LogP contribution in [0.15, 0.2) is 59.7 Å². The maximum atomic E-state index is 16.1. The quantitative estimate of drug-likeness (QED) is 0.234. The number of alkyl halides is 1. The molecule has 4 aromatic heterocycles. The van der Waals surface area contributed by atoms with E-state index in [9.17, 15) is 19.2 Å². The molecule has 1 aromatic carbocycles. The topological polar surface area (TPSA) is 149 Å². The molecule has 0 bridgehead atoms. The Labute approximate surface area is 299 Å². The van der Waals surface area contributed by atoms with Gasteiger partial charge in [-0.2, -0.15) is 5.10 Å². The maximum Gasteiger partial charge on any atom is 0.329 e. The average Bonchev–Trinajstić information content (AvgIpc) is 3.66. The number of para-hydroxylation sites is 1. The van der Waals surface area contributed by atoms with E-state index in [1.165, 1.54) is 9.13 Å². The summed E-state index contributed by atoms with van der Waals surface area (Å²) in [6.45, 7) is 3.78. The van der Waals surface area contributed by atoms with Crippen LogP contribution in [-0.4, -0.2) is 77.3 Å². The molecule has 3 atom stereocenters. The number of benzene rings is 1. The van der Waals surface area contributed by atoms with Crippen molar-refractivity contribution in [3.63, 3.8) is 0 Å². The molecule has 1 unspecified atom stereocenters. The van der Waals surface area contributed by atoms with Gasteiger partial charge in [0, 0.05) is 49.8 Å². The van der Waals surface area contributed by atoms with Gasteiger partial charge in [0.15, 0.2) is 0 Å². The van der Waals surface area contributed by atoms with Crippen molar-refractivity contribution >= 4 is 45.5 Å². The van der Waals surface area contributed by atoms with Gasteiger partial charge in [-0.1, -0.05) is 18.2 Å². The lowest BCUT2D eigenvalue weighted by molar-refractivity contribution is -0.135. The standard InChI is InChI=1S/C38H42FN9O4/c1-22-5-3-7-29(41-22)36(50)42-33-17-24-20-47(44-30(24)18-40-33)25-11-9-23(10-12-25)19-46-16-15-26(28(39)21-46)27-6-4-8-31-35(27)45(2)38(52)48(31)32-13-14-34(49)43-37(32)51/h3-8,17-18,20,23,25-26,28,32H,9-16,19,21H2,1-2H3,(H,42,50)(H,43,49,51)/t23-,25-,26-,28-,32?/m0/s1. The van der Waals surface area contributed by atoms with Crippen molar-refractivity contribution in [1.82, 2.24) is 39.1 Å². The SMILES string of the molecule is Cc1cccc(C(=O)Nc2cc3cn([C@H]4CC[C@H](CN5CC[C@@H](c6cccc7c6n(C)c(=O)n7C6CCC(=O)NC6=O)[C@@H](F)C5)CC4)nc3cn2)n1. The Hall–Kier alpha value is -5.24. The predicted octanol–water partition coefficient (Wildman–Crippen LogP) is 4.58. The molecule has 0 radical (unpaired) electrons. The molecule has 6 heterocycles. The Bertz CT molecular complexity index is 2250. The van der Waals surface area contributed by atoms with Gasteiger partial charge in [-0.25, -0.2) is 19.2 Å². The van der Waals surface area contributed by atoms with E-state index in [2.05, 4.69) is 25.5 Å². The first-order valence-corrected chi connectivity index (χ1v) is 18.1. The number of likely N-dealkylation sites (tertiary alicyclic amines) is 1. The Balaban J connectivity index is 0.880. The number of imidazole rings is 1. The van der Waals surface area contributed by atoms with E-state index in [1.807, 2.05) is 42.1 Å². The minimum absolute atomic E-state index is 0.167. The number of carbonyl (C=O) groups is 3. The summed E-state index contributed by atoms with van der Waals surface area (Å²) in [6.07, 6.45) is 7.66. The summed E-state index contributed by atoms with van der Waals surface area (Å²) >= 11 is 0. The Morgan fingerprint density at radius 3 is 2.62 bits per heavy atom. The van der Waals surface area contributed by atoms with Gasteiger partial charge in [0.25, 0.3) is 5.91 Å². The van der Waals surface area contributed by atoms with E-state index < -0.39 is 18.1 Å². The minimum atomic E-state index is -1.10. The number of piperidine rings is 2. The first-order valence-electron chi connectivity index (χ1n) is 18.1. The number of aromatic nitrogens is 6. The number of nitrogens with zero attached hydrogens (tertiary/aromatic N) is 7. The zero-order chi connectivity index (χ0) is 36.1. The van der Waals surface area contributed by atoms with Crippen molar-refractivity contribution in [2.24, 2.45) is 13.0 Å². The Morgan fingerprint density at radius 1 is 1.04 bits per heavy atom. The number of amides is 3. The number of anilines is 1. The molecule has 1 saturated carbocycles. The molecule has 52 heavy (non-hydrogen) atoms. The number of nitrogens with one attached hydrogen (secondary N) is 2. The van der Waals surface area contributed by atoms with Gasteiger partial charge in [0.05, 0.1) is 23.3 Å². The van der Waals surface area contributed by atoms with E-state index in [0.29, 0.717) is 41.4 Å². The number of carbonyl (C=O) groups excluding carboxylic acids is 3. The number of hydrogen-bond acceptors (Lipinski definition) is 8. The summed E-state index contributed by atoms with van der Waals surface area (Å²) in [7, 11) is 1.67. The van der Waals surface area contributed by atoms with Crippen LogP contribution in [-0.2, 0) is 16.6 Å². The molecule has 3 aliphatic rings. The van der Waals surface area contributed by atoms with E-state index in [0.717, 1.165) is 60.9 Å². The van der Waals surface area contributed by atoms with Crippen LogP contribution in [0.3, 0.4) is 0 Å². The van der Waals surface area contributed by atoms with Crippen molar-refractivity contribution < 1.29 is 18.8 Å². The average molecular weight is 708 g/mol. The second-order valence-corrected chi connectivity index (χ2v) is 14.6. The molecule has 14 heteroatoms. The van der Waals surface area contributed by atoms with Crippen molar-refractivity contribution in [1.29, 1.82) is 0 Å². The van der Waals surface area contributed by atoms with E-state index in [1.54, 1.807) is 31.4 Å². The van der Waals surface area contributed by atoms with Gasteiger partial charge in [0.1, 0.15) is 29.2 Å². The predicted molar refractivity (Wildman–Crippen MR) is 193 cm³/mol. The van der Waals surface area contributed by atoms with Crippen LogP contribution < -0.4 is 16.3 Å². The number of imide groups is 1.